The Morgan fingerprint density at radius 2 is 1.87 bits per heavy atom. The molecule has 1 heterocycles. The molecule has 0 aliphatic rings. The van der Waals surface area contributed by atoms with E-state index in [1.807, 2.05) is 42.5 Å². The summed E-state index contributed by atoms with van der Waals surface area (Å²) < 4.78 is 0. The standard InChI is InChI=1S/C13H11N2/c1-2-4-11-6-8-12(9-7-11)13-5-3-10-14-15-13/h2-10H,1H2/b4-2+. The number of nitrogens with zero attached hydrogens (tertiary/aromatic N) is 2. The highest BCUT2D eigenvalue weighted by atomic mass is 15.1. The third-order valence-electron chi connectivity index (χ3n) is 2.09. The molecule has 2 nitrogen and oxygen atoms in total. The van der Waals surface area contributed by atoms with Crippen LogP contribution >= 0.6 is 0 Å². The van der Waals surface area contributed by atoms with Gasteiger partial charge in [-0.25, -0.2) is 0 Å². The summed E-state index contributed by atoms with van der Waals surface area (Å²) in [6.07, 6.45) is 5.40. The van der Waals surface area contributed by atoms with Crippen molar-refractivity contribution in [2.24, 2.45) is 0 Å². The molecule has 0 fully saturated rings. The lowest BCUT2D eigenvalue weighted by atomic mass is 10.1. The Labute approximate surface area is 89.3 Å². The fraction of sp³-hybridized carbons (Fsp3) is 0. The summed E-state index contributed by atoms with van der Waals surface area (Å²) in [7, 11) is 0. The van der Waals surface area contributed by atoms with E-state index in [2.05, 4.69) is 17.1 Å². The number of allylic oxidation sites excluding steroid dienone is 1. The van der Waals surface area contributed by atoms with E-state index in [9.17, 15) is 0 Å². The van der Waals surface area contributed by atoms with Gasteiger partial charge in [0.05, 0.1) is 5.69 Å². The number of hydrogen-bond acceptors (Lipinski definition) is 2. The maximum absolute atomic E-state index is 4.04. The summed E-state index contributed by atoms with van der Waals surface area (Å²) in [6.45, 7) is 3.66. The van der Waals surface area contributed by atoms with Crippen LogP contribution in [-0.4, -0.2) is 10.2 Å². The Hall–Kier alpha value is -1.96. The molecule has 2 rings (SSSR count). The van der Waals surface area contributed by atoms with Crippen molar-refractivity contribution in [3.8, 4) is 11.3 Å². The van der Waals surface area contributed by atoms with Crippen LogP contribution in [0.2, 0.25) is 0 Å². The van der Waals surface area contributed by atoms with Crippen molar-refractivity contribution < 1.29 is 0 Å². The number of aromatic nitrogens is 2. The average molecular weight is 195 g/mol. The first-order chi connectivity index (χ1) is 7.40. The lowest BCUT2D eigenvalue weighted by Crippen LogP contribution is -1.85. The lowest BCUT2D eigenvalue weighted by Gasteiger charge is -1.99. The summed E-state index contributed by atoms with van der Waals surface area (Å²) in [5.74, 6) is 0. The quantitative estimate of drug-likeness (QED) is 0.736. The van der Waals surface area contributed by atoms with Gasteiger partial charge in [-0.1, -0.05) is 36.4 Å². The monoisotopic (exact) mass is 195 g/mol. The molecule has 0 N–H and O–H groups in total. The molecular formula is C13H11N2. The van der Waals surface area contributed by atoms with Crippen LogP contribution in [0.25, 0.3) is 17.3 Å². The van der Waals surface area contributed by atoms with Gasteiger partial charge in [0.25, 0.3) is 0 Å². The first-order valence-corrected chi connectivity index (χ1v) is 4.74. The van der Waals surface area contributed by atoms with E-state index in [1.54, 1.807) is 12.3 Å². The van der Waals surface area contributed by atoms with E-state index >= 15 is 0 Å². The van der Waals surface area contributed by atoms with Gasteiger partial charge in [0.15, 0.2) is 0 Å². The van der Waals surface area contributed by atoms with Crippen molar-refractivity contribution in [2.45, 2.75) is 0 Å². The Morgan fingerprint density at radius 1 is 1.07 bits per heavy atom. The van der Waals surface area contributed by atoms with Crippen LogP contribution < -0.4 is 0 Å². The van der Waals surface area contributed by atoms with Crippen LogP contribution in [0.3, 0.4) is 0 Å². The highest BCUT2D eigenvalue weighted by Crippen LogP contribution is 2.16. The molecule has 73 valence electrons. The molecule has 1 radical (unpaired) electrons. The zero-order chi connectivity index (χ0) is 10.5. The Bertz CT molecular complexity index is 444. The second-order valence-electron chi connectivity index (χ2n) is 3.13. The van der Waals surface area contributed by atoms with Crippen LogP contribution in [0.15, 0.2) is 48.7 Å². The Morgan fingerprint density at radius 3 is 2.47 bits per heavy atom. The maximum atomic E-state index is 4.04. The van der Waals surface area contributed by atoms with Gasteiger partial charge in [-0.2, -0.15) is 10.2 Å². The molecule has 2 heteroatoms. The van der Waals surface area contributed by atoms with E-state index in [4.69, 9.17) is 0 Å². The molecular weight excluding hydrogens is 184 g/mol. The summed E-state index contributed by atoms with van der Waals surface area (Å²) >= 11 is 0. The summed E-state index contributed by atoms with van der Waals surface area (Å²) in [5, 5.41) is 7.89. The summed E-state index contributed by atoms with van der Waals surface area (Å²) in [6, 6.07) is 11.9. The Balaban J connectivity index is 2.32. The Kier molecular flexibility index (Phi) is 2.88. The SMILES string of the molecule is [CH2]/C=C/c1ccc(-c2cccnn2)cc1. The minimum absolute atomic E-state index is 0.891. The largest absolute Gasteiger partial charge is 0.159 e. The first kappa shape index (κ1) is 9.59. The molecule has 0 saturated carbocycles. The molecule has 0 aliphatic heterocycles. The minimum atomic E-state index is 0.891. The minimum Gasteiger partial charge on any atom is -0.159 e. The predicted octanol–water partition coefficient (Wildman–Crippen LogP) is 2.99. The molecule has 1 aromatic carbocycles. The van der Waals surface area contributed by atoms with Crippen LogP contribution in [0, 0.1) is 6.92 Å². The number of hydrogen-bond donors (Lipinski definition) is 0. The second-order valence-corrected chi connectivity index (χ2v) is 3.13. The van der Waals surface area contributed by atoms with Crippen molar-refractivity contribution in [3.05, 3.63) is 61.2 Å². The van der Waals surface area contributed by atoms with Crippen LogP contribution in [0.1, 0.15) is 5.56 Å². The average Bonchev–Trinajstić information content (AvgIpc) is 2.32. The van der Waals surface area contributed by atoms with Crippen molar-refractivity contribution >= 4 is 6.08 Å². The molecule has 0 bridgehead atoms. The highest BCUT2D eigenvalue weighted by Gasteiger charge is 1.97. The third kappa shape index (κ3) is 2.29. The van der Waals surface area contributed by atoms with Gasteiger partial charge in [0.2, 0.25) is 0 Å². The predicted molar refractivity (Wildman–Crippen MR) is 61.9 cm³/mol. The highest BCUT2D eigenvalue weighted by molar-refractivity contribution is 5.61. The third-order valence-corrected chi connectivity index (χ3v) is 2.09. The smallest absolute Gasteiger partial charge is 0.0929 e. The van der Waals surface area contributed by atoms with Gasteiger partial charge in [-0.3, -0.25) is 0 Å². The van der Waals surface area contributed by atoms with Crippen molar-refractivity contribution in [3.63, 3.8) is 0 Å². The van der Waals surface area contributed by atoms with E-state index in [1.165, 1.54) is 0 Å². The normalized spacial score (nSPS) is 10.7. The van der Waals surface area contributed by atoms with Crippen LogP contribution in [0.4, 0.5) is 0 Å². The molecule has 0 saturated heterocycles. The number of rotatable bonds is 2. The molecule has 0 aliphatic carbocycles. The molecule has 0 atom stereocenters. The van der Waals surface area contributed by atoms with Crippen LogP contribution in [0.5, 0.6) is 0 Å². The van der Waals surface area contributed by atoms with Gasteiger partial charge in [0.1, 0.15) is 0 Å². The summed E-state index contributed by atoms with van der Waals surface area (Å²) in [4.78, 5) is 0. The van der Waals surface area contributed by atoms with E-state index < -0.39 is 0 Å². The zero-order valence-corrected chi connectivity index (χ0v) is 8.30. The second kappa shape index (κ2) is 4.51. The van der Waals surface area contributed by atoms with E-state index in [-0.39, 0.29) is 0 Å². The van der Waals surface area contributed by atoms with Crippen molar-refractivity contribution in [1.82, 2.24) is 10.2 Å². The van der Waals surface area contributed by atoms with E-state index in [0.29, 0.717) is 0 Å². The van der Waals surface area contributed by atoms with E-state index in [0.717, 1.165) is 16.8 Å². The fourth-order valence-corrected chi connectivity index (χ4v) is 1.36. The first-order valence-electron chi connectivity index (χ1n) is 4.74. The van der Waals surface area contributed by atoms with Gasteiger partial charge >= 0.3 is 0 Å². The summed E-state index contributed by atoms with van der Waals surface area (Å²) in [5.41, 5.74) is 3.10. The van der Waals surface area contributed by atoms with Crippen molar-refractivity contribution in [1.29, 1.82) is 0 Å². The molecule has 0 spiro atoms. The molecule has 15 heavy (non-hydrogen) atoms. The number of benzene rings is 1. The molecule has 2 aromatic rings. The topological polar surface area (TPSA) is 25.8 Å². The zero-order valence-electron chi connectivity index (χ0n) is 8.30. The lowest BCUT2D eigenvalue weighted by molar-refractivity contribution is 1.04. The van der Waals surface area contributed by atoms with Crippen molar-refractivity contribution in [2.75, 3.05) is 0 Å². The maximum Gasteiger partial charge on any atom is 0.0929 e. The van der Waals surface area contributed by atoms with Crippen LogP contribution in [-0.2, 0) is 0 Å². The fourth-order valence-electron chi connectivity index (χ4n) is 1.36. The van der Waals surface area contributed by atoms with Gasteiger partial charge in [0, 0.05) is 11.8 Å². The van der Waals surface area contributed by atoms with Gasteiger partial charge in [-0.05, 0) is 24.6 Å². The van der Waals surface area contributed by atoms with Gasteiger partial charge < -0.3 is 0 Å². The molecule has 0 unspecified atom stereocenters. The molecule has 1 aromatic heterocycles. The van der Waals surface area contributed by atoms with Gasteiger partial charge in [-0.15, -0.1) is 0 Å². The molecule has 0 amide bonds.